The first-order valence-corrected chi connectivity index (χ1v) is 7.82. The van der Waals surface area contributed by atoms with Gasteiger partial charge in [0, 0.05) is 0 Å². The normalized spacial score (nSPS) is 22.9. The molecule has 1 aliphatic heterocycles. The van der Waals surface area contributed by atoms with Crippen LogP contribution < -0.4 is 10.6 Å². The minimum atomic E-state index is -0.466. The van der Waals surface area contributed by atoms with Gasteiger partial charge < -0.3 is 10.6 Å². The molecule has 2 heterocycles. The molecule has 1 aromatic heterocycles. The zero-order chi connectivity index (χ0) is 14.2. The molecule has 0 radical (unpaired) electrons. The van der Waals surface area contributed by atoms with Crippen LogP contribution in [0, 0.1) is 6.92 Å². The molecule has 1 unspecified atom stereocenters. The predicted molar refractivity (Wildman–Crippen MR) is 83.2 cm³/mol. The van der Waals surface area contributed by atoms with Crippen molar-refractivity contribution in [2.75, 3.05) is 11.9 Å². The number of rotatable bonds is 2. The van der Waals surface area contributed by atoms with Gasteiger partial charge in [0.15, 0.2) is 5.13 Å². The fourth-order valence-electron chi connectivity index (χ4n) is 2.57. The maximum Gasteiger partial charge on any atom is 0.246 e. The van der Waals surface area contributed by atoms with E-state index in [2.05, 4.69) is 28.6 Å². The molecule has 4 nitrogen and oxygen atoms in total. The summed E-state index contributed by atoms with van der Waals surface area (Å²) in [6.45, 7) is 4.94. The molecule has 106 valence electrons. The van der Waals surface area contributed by atoms with Gasteiger partial charge >= 0.3 is 0 Å². The van der Waals surface area contributed by atoms with Crippen molar-refractivity contribution in [3.63, 3.8) is 0 Å². The second-order valence-corrected chi connectivity index (χ2v) is 6.69. The van der Waals surface area contributed by atoms with Gasteiger partial charge in [-0.1, -0.05) is 17.4 Å². The van der Waals surface area contributed by atoms with Gasteiger partial charge in [-0.15, -0.1) is 0 Å². The van der Waals surface area contributed by atoms with Crippen LogP contribution in [0.2, 0.25) is 0 Å². The summed E-state index contributed by atoms with van der Waals surface area (Å²) in [5.41, 5.74) is 1.68. The minimum Gasteiger partial charge on any atom is -0.304 e. The van der Waals surface area contributed by atoms with Crippen molar-refractivity contribution in [2.45, 2.75) is 38.6 Å². The number of carbonyl (C=O) groups excluding carboxylic acids is 1. The van der Waals surface area contributed by atoms with E-state index in [1.54, 1.807) is 0 Å². The highest BCUT2D eigenvalue weighted by Gasteiger charge is 2.34. The number of thiazole rings is 1. The van der Waals surface area contributed by atoms with Crippen molar-refractivity contribution in [1.29, 1.82) is 0 Å². The summed E-state index contributed by atoms with van der Waals surface area (Å²) in [4.78, 5) is 16.9. The molecule has 2 N–H and O–H groups in total. The van der Waals surface area contributed by atoms with Crippen LogP contribution >= 0.6 is 11.3 Å². The van der Waals surface area contributed by atoms with E-state index in [1.807, 2.05) is 19.1 Å². The van der Waals surface area contributed by atoms with Crippen molar-refractivity contribution >= 4 is 32.6 Å². The smallest absolute Gasteiger partial charge is 0.246 e. The number of carbonyl (C=O) groups is 1. The zero-order valence-corrected chi connectivity index (χ0v) is 12.6. The Morgan fingerprint density at radius 3 is 3.05 bits per heavy atom. The fourth-order valence-corrected chi connectivity index (χ4v) is 3.53. The number of nitrogens with one attached hydrogen (secondary N) is 2. The first-order chi connectivity index (χ1) is 9.57. The fraction of sp³-hybridized carbons (Fsp3) is 0.467. The van der Waals surface area contributed by atoms with Crippen molar-refractivity contribution in [3.05, 3.63) is 23.8 Å². The first-order valence-electron chi connectivity index (χ1n) is 7.00. The lowest BCUT2D eigenvalue weighted by Crippen LogP contribution is -2.54. The summed E-state index contributed by atoms with van der Waals surface area (Å²) in [7, 11) is 0. The van der Waals surface area contributed by atoms with Gasteiger partial charge in [-0.3, -0.25) is 4.79 Å². The molecule has 1 aromatic carbocycles. The summed E-state index contributed by atoms with van der Waals surface area (Å²) in [6, 6.07) is 6.14. The lowest BCUT2D eigenvalue weighted by Gasteiger charge is -2.33. The molecule has 1 saturated heterocycles. The molecule has 3 rings (SSSR count). The van der Waals surface area contributed by atoms with Crippen LogP contribution in [-0.2, 0) is 4.79 Å². The van der Waals surface area contributed by atoms with E-state index in [0.29, 0.717) is 5.13 Å². The highest BCUT2D eigenvalue weighted by Crippen LogP contribution is 2.28. The summed E-state index contributed by atoms with van der Waals surface area (Å²) < 4.78 is 1.11. The number of hydrogen-bond acceptors (Lipinski definition) is 4. The maximum atomic E-state index is 12.4. The average molecular weight is 289 g/mol. The Morgan fingerprint density at radius 1 is 1.45 bits per heavy atom. The van der Waals surface area contributed by atoms with Crippen LogP contribution in [0.1, 0.15) is 31.7 Å². The standard InChI is InChI=1S/C15H19N3OS/c1-10-5-6-11-12(9-10)20-14(17-11)18-13(19)15(2)7-3-4-8-16-15/h5-6,9,16H,3-4,7-8H2,1-2H3,(H,17,18,19). The summed E-state index contributed by atoms with van der Waals surface area (Å²) in [5, 5.41) is 6.97. The van der Waals surface area contributed by atoms with Gasteiger partial charge in [0.2, 0.25) is 5.91 Å². The maximum absolute atomic E-state index is 12.4. The zero-order valence-electron chi connectivity index (χ0n) is 11.8. The largest absolute Gasteiger partial charge is 0.304 e. The van der Waals surface area contributed by atoms with E-state index in [-0.39, 0.29) is 5.91 Å². The lowest BCUT2D eigenvalue weighted by molar-refractivity contribution is -0.122. The van der Waals surface area contributed by atoms with Crippen molar-refractivity contribution in [2.24, 2.45) is 0 Å². The molecule has 20 heavy (non-hydrogen) atoms. The number of hydrogen-bond donors (Lipinski definition) is 2. The van der Waals surface area contributed by atoms with E-state index >= 15 is 0 Å². The number of nitrogens with zero attached hydrogens (tertiary/aromatic N) is 1. The highest BCUT2D eigenvalue weighted by atomic mass is 32.1. The molecular formula is C15H19N3OS. The Hall–Kier alpha value is -1.46. The number of piperidine rings is 1. The number of fused-ring (bicyclic) bond motifs is 1. The molecule has 1 atom stereocenters. The molecular weight excluding hydrogens is 270 g/mol. The van der Waals surface area contributed by atoms with Crippen molar-refractivity contribution < 1.29 is 4.79 Å². The molecule has 5 heteroatoms. The molecule has 0 spiro atoms. The molecule has 0 saturated carbocycles. The predicted octanol–water partition coefficient (Wildman–Crippen LogP) is 3.08. The first kappa shape index (κ1) is 13.5. The van der Waals surface area contributed by atoms with Gasteiger partial charge in [0.1, 0.15) is 0 Å². The monoisotopic (exact) mass is 289 g/mol. The number of amides is 1. The number of benzene rings is 1. The summed E-state index contributed by atoms with van der Waals surface area (Å²) in [6.07, 6.45) is 3.11. The van der Waals surface area contributed by atoms with Crippen LogP contribution in [0.15, 0.2) is 18.2 Å². The van der Waals surface area contributed by atoms with Crippen LogP contribution in [0.3, 0.4) is 0 Å². The summed E-state index contributed by atoms with van der Waals surface area (Å²) in [5.74, 6) is 0.0213. The van der Waals surface area contributed by atoms with E-state index in [1.165, 1.54) is 16.9 Å². The molecule has 0 bridgehead atoms. The topological polar surface area (TPSA) is 54.0 Å². The lowest BCUT2D eigenvalue weighted by atomic mass is 9.90. The third kappa shape index (κ3) is 2.55. The van der Waals surface area contributed by atoms with E-state index in [0.717, 1.165) is 36.0 Å². The Bertz CT molecular complexity index is 644. The van der Waals surface area contributed by atoms with Crippen molar-refractivity contribution in [1.82, 2.24) is 10.3 Å². The quantitative estimate of drug-likeness (QED) is 0.893. The Balaban J connectivity index is 1.80. The number of aryl methyl sites for hydroxylation is 1. The molecule has 2 aromatic rings. The third-order valence-corrected chi connectivity index (χ3v) is 4.82. The van der Waals surface area contributed by atoms with Crippen LogP contribution in [-0.4, -0.2) is 23.0 Å². The Morgan fingerprint density at radius 2 is 2.30 bits per heavy atom. The SMILES string of the molecule is Cc1ccc2nc(NC(=O)C3(C)CCCCN3)sc2c1. The van der Waals surface area contributed by atoms with Crippen LogP contribution in [0.25, 0.3) is 10.2 Å². The second kappa shape index (κ2) is 5.14. The molecule has 1 amide bonds. The Labute approximate surface area is 122 Å². The van der Waals surface area contributed by atoms with Crippen LogP contribution in [0.4, 0.5) is 5.13 Å². The highest BCUT2D eigenvalue weighted by molar-refractivity contribution is 7.22. The van der Waals surface area contributed by atoms with Gasteiger partial charge in [0.25, 0.3) is 0 Å². The molecule has 1 fully saturated rings. The second-order valence-electron chi connectivity index (χ2n) is 5.66. The molecule has 1 aliphatic rings. The van der Waals surface area contributed by atoms with Crippen molar-refractivity contribution in [3.8, 4) is 0 Å². The van der Waals surface area contributed by atoms with E-state index in [4.69, 9.17) is 0 Å². The van der Waals surface area contributed by atoms with E-state index in [9.17, 15) is 4.79 Å². The number of aromatic nitrogens is 1. The minimum absolute atomic E-state index is 0.0213. The van der Waals surface area contributed by atoms with Gasteiger partial charge in [-0.25, -0.2) is 4.98 Å². The Kier molecular flexibility index (Phi) is 3.48. The number of anilines is 1. The summed E-state index contributed by atoms with van der Waals surface area (Å²) >= 11 is 1.53. The van der Waals surface area contributed by atoms with Gasteiger partial charge in [0.05, 0.1) is 15.8 Å². The van der Waals surface area contributed by atoms with Gasteiger partial charge in [-0.05, 0) is 57.4 Å². The third-order valence-electron chi connectivity index (χ3n) is 3.88. The van der Waals surface area contributed by atoms with Crippen LogP contribution in [0.5, 0.6) is 0 Å². The van der Waals surface area contributed by atoms with Gasteiger partial charge in [-0.2, -0.15) is 0 Å². The average Bonchev–Trinajstić information content (AvgIpc) is 2.81. The molecule has 0 aliphatic carbocycles. The van der Waals surface area contributed by atoms with E-state index < -0.39 is 5.54 Å².